The average molecular weight is 511 g/mol. The van der Waals surface area contributed by atoms with Crippen LogP contribution in [-0.2, 0) is 30.7 Å². The molecular formula is C28H34N2O5S. The Morgan fingerprint density at radius 3 is 2.56 bits per heavy atom. The lowest BCUT2D eigenvalue weighted by Crippen LogP contribution is -2.56. The second-order valence-electron chi connectivity index (χ2n) is 9.61. The second kappa shape index (κ2) is 10.6. The van der Waals surface area contributed by atoms with E-state index in [9.17, 15) is 13.2 Å². The van der Waals surface area contributed by atoms with E-state index < -0.39 is 20.6 Å². The van der Waals surface area contributed by atoms with Crippen molar-refractivity contribution in [3.8, 4) is 5.75 Å². The Balaban J connectivity index is 1.63. The zero-order chi connectivity index (χ0) is 25.9. The van der Waals surface area contributed by atoms with E-state index in [2.05, 4.69) is 9.88 Å². The number of carbonyl (C=O) groups is 1. The van der Waals surface area contributed by atoms with Crippen LogP contribution in [0.4, 0.5) is 0 Å². The lowest BCUT2D eigenvalue weighted by atomic mass is 9.92. The summed E-state index contributed by atoms with van der Waals surface area (Å²) in [5, 5.41) is 1.04. The van der Waals surface area contributed by atoms with Crippen LogP contribution in [-0.4, -0.2) is 55.8 Å². The molecule has 0 radical (unpaired) electrons. The summed E-state index contributed by atoms with van der Waals surface area (Å²) in [6, 6.07) is 17.2. The molecule has 1 unspecified atom stereocenters. The molecule has 192 valence electrons. The number of para-hydroxylation sites is 1. The lowest BCUT2D eigenvalue weighted by molar-refractivity contribution is -0.144. The molecule has 1 aliphatic heterocycles. The van der Waals surface area contributed by atoms with Gasteiger partial charge >= 0.3 is 5.97 Å². The molecular weight excluding hydrogens is 476 g/mol. The van der Waals surface area contributed by atoms with Crippen molar-refractivity contribution in [1.29, 1.82) is 0 Å². The third-order valence-corrected chi connectivity index (χ3v) is 9.29. The maximum absolute atomic E-state index is 13.5. The molecule has 0 amide bonds. The second-order valence-corrected chi connectivity index (χ2v) is 12.0. The summed E-state index contributed by atoms with van der Waals surface area (Å²) < 4.78 is 36.9. The Kier molecular flexibility index (Phi) is 7.66. The molecule has 0 saturated carbocycles. The summed E-state index contributed by atoms with van der Waals surface area (Å²) in [4.78, 5) is 19.3. The molecule has 1 aromatic heterocycles. The van der Waals surface area contributed by atoms with Gasteiger partial charge in [0, 0.05) is 35.8 Å². The topological polar surface area (TPSA) is 85.8 Å². The standard InChI is InChI=1S/C28H34N2O5S/c1-5-34-27(31)17-28(19-30(20(2)3)14-15-36(28,32)33)23-10-12-24(13-11-23)35-18-22-16-21(4)29-26-9-7-6-8-25(22)26/h6-13,16,20H,5,14-15,17-19H2,1-4H3. The lowest BCUT2D eigenvalue weighted by Gasteiger charge is -2.43. The first kappa shape index (κ1) is 26.1. The Bertz CT molecular complexity index is 1340. The van der Waals surface area contributed by atoms with Crippen LogP contribution < -0.4 is 4.74 Å². The summed E-state index contributed by atoms with van der Waals surface area (Å²) in [5.74, 6) is 0.113. The van der Waals surface area contributed by atoms with Gasteiger partial charge in [-0.2, -0.15) is 0 Å². The van der Waals surface area contributed by atoms with Crippen molar-refractivity contribution < 1.29 is 22.7 Å². The molecule has 0 bridgehead atoms. The van der Waals surface area contributed by atoms with Crippen LogP contribution in [0.5, 0.6) is 5.75 Å². The average Bonchev–Trinajstić information content (AvgIpc) is 2.84. The number of carbonyl (C=O) groups excluding carboxylic acids is 1. The third-order valence-electron chi connectivity index (χ3n) is 6.87. The number of hydrogen-bond acceptors (Lipinski definition) is 7. The summed E-state index contributed by atoms with van der Waals surface area (Å²) in [5.41, 5.74) is 3.45. The molecule has 0 aliphatic carbocycles. The largest absolute Gasteiger partial charge is 0.489 e. The first-order valence-electron chi connectivity index (χ1n) is 12.4. The Morgan fingerprint density at radius 1 is 1.14 bits per heavy atom. The molecule has 4 rings (SSSR count). The summed E-state index contributed by atoms with van der Waals surface area (Å²) >= 11 is 0. The van der Waals surface area contributed by atoms with Gasteiger partial charge in [0.1, 0.15) is 17.1 Å². The van der Waals surface area contributed by atoms with Crippen molar-refractivity contribution in [1.82, 2.24) is 9.88 Å². The zero-order valence-corrected chi connectivity index (χ0v) is 22.2. The molecule has 3 aromatic rings. The molecule has 1 aliphatic rings. The molecule has 1 fully saturated rings. The number of fused-ring (bicyclic) bond motifs is 1. The van der Waals surface area contributed by atoms with E-state index in [1.807, 2.05) is 51.1 Å². The molecule has 8 heteroatoms. The van der Waals surface area contributed by atoms with Gasteiger partial charge in [0.25, 0.3) is 0 Å². The number of hydrogen-bond donors (Lipinski definition) is 0. The van der Waals surface area contributed by atoms with Crippen molar-refractivity contribution in [3.63, 3.8) is 0 Å². The van der Waals surface area contributed by atoms with Crippen molar-refractivity contribution in [2.45, 2.75) is 51.5 Å². The third kappa shape index (κ3) is 5.25. The SMILES string of the molecule is CCOC(=O)CC1(c2ccc(OCc3cc(C)nc4ccccc34)cc2)CN(C(C)C)CCS1(=O)=O. The highest BCUT2D eigenvalue weighted by atomic mass is 32.2. The Hall–Kier alpha value is -2.97. The Labute approximate surface area is 213 Å². The molecule has 7 nitrogen and oxygen atoms in total. The fourth-order valence-electron chi connectivity index (χ4n) is 4.89. The number of aromatic nitrogens is 1. The van der Waals surface area contributed by atoms with Crippen molar-refractivity contribution in [2.24, 2.45) is 0 Å². The molecule has 2 heterocycles. The van der Waals surface area contributed by atoms with Crippen LogP contribution in [0.25, 0.3) is 10.9 Å². The van der Waals surface area contributed by atoms with Gasteiger partial charge in [-0.3, -0.25) is 14.7 Å². The maximum atomic E-state index is 13.5. The van der Waals surface area contributed by atoms with E-state index in [0.29, 0.717) is 24.5 Å². The molecule has 2 aromatic carbocycles. The number of aryl methyl sites for hydroxylation is 1. The number of sulfone groups is 1. The van der Waals surface area contributed by atoms with E-state index in [-0.39, 0.29) is 31.4 Å². The molecule has 0 N–H and O–H groups in total. The monoisotopic (exact) mass is 510 g/mol. The fourth-order valence-corrected chi connectivity index (χ4v) is 6.95. The summed E-state index contributed by atoms with van der Waals surface area (Å²) in [6.07, 6.45) is -0.213. The number of pyridine rings is 1. The van der Waals surface area contributed by atoms with Crippen LogP contribution in [0.2, 0.25) is 0 Å². The number of ether oxygens (including phenoxy) is 2. The minimum absolute atomic E-state index is 0.00267. The molecule has 36 heavy (non-hydrogen) atoms. The van der Waals surface area contributed by atoms with Gasteiger partial charge in [0.2, 0.25) is 0 Å². The fraction of sp³-hybridized carbons (Fsp3) is 0.429. The van der Waals surface area contributed by atoms with Gasteiger partial charge in [-0.25, -0.2) is 8.42 Å². The van der Waals surface area contributed by atoms with Crippen LogP contribution in [0, 0.1) is 6.92 Å². The molecule has 1 atom stereocenters. The van der Waals surface area contributed by atoms with E-state index in [0.717, 1.165) is 22.2 Å². The first-order chi connectivity index (χ1) is 17.1. The number of nitrogens with zero attached hydrogens (tertiary/aromatic N) is 2. The smallest absolute Gasteiger partial charge is 0.307 e. The minimum atomic E-state index is -3.61. The van der Waals surface area contributed by atoms with E-state index >= 15 is 0 Å². The van der Waals surface area contributed by atoms with Gasteiger partial charge in [-0.05, 0) is 57.5 Å². The summed E-state index contributed by atoms with van der Waals surface area (Å²) in [7, 11) is -3.61. The quantitative estimate of drug-likeness (QED) is 0.415. The van der Waals surface area contributed by atoms with Gasteiger partial charge in [-0.15, -0.1) is 0 Å². The van der Waals surface area contributed by atoms with Crippen LogP contribution in [0.15, 0.2) is 54.6 Å². The maximum Gasteiger partial charge on any atom is 0.307 e. The highest BCUT2D eigenvalue weighted by Crippen LogP contribution is 2.40. The van der Waals surface area contributed by atoms with Gasteiger partial charge in [0.15, 0.2) is 9.84 Å². The zero-order valence-electron chi connectivity index (χ0n) is 21.4. The highest BCUT2D eigenvalue weighted by molar-refractivity contribution is 7.92. The predicted octanol–water partition coefficient (Wildman–Crippen LogP) is 4.41. The number of esters is 1. The van der Waals surface area contributed by atoms with Gasteiger partial charge < -0.3 is 9.47 Å². The minimum Gasteiger partial charge on any atom is -0.489 e. The van der Waals surface area contributed by atoms with E-state index in [4.69, 9.17) is 9.47 Å². The van der Waals surface area contributed by atoms with E-state index in [1.165, 1.54) is 0 Å². The van der Waals surface area contributed by atoms with Crippen LogP contribution >= 0.6 is 0 Å². The van der Waals surface area contributed by atoms with Crippen LogP contribution in [0.1, 0.15) is 44.0 Å². The van der Waals surface area contributed by atoms with Crippen molar-refractivity contribution in [2.75, 3.05) is 25.4 Å². The molecule has 1 saturated heterocycles. The van der Waals surface area contributed by atoms with Crippen molar-refractivity contribution >= 4 is 26.7 Å². The van der Waals surface area contributed by atoms with Gasteiger partial charge in [-0.1, -0.05) is 30.3 Å². The predicted molar refractivity (Wildman–Crippen MR) is 141 cm³/mol. The highest BCUT2D eigenvalue weighted by Gasteiger charge is 2.51. The molecule has 0 spiro atoms. The summed E-state index contributed by atoms with van der Waals surface area (Å²) in [6.45, 7) is 9.01. The number of rotatable bonds is 8. The first-order valence-corrected chi connectivity index (χ1v) is 14.0. The van der Waals surface area contributed by atoms with Crippen LogP contribution in [0.3, 0.4) is 0 Å². The van der Waals surface area contributed by atoms with Crippen molar-refractivity contribution in [3.05, 3.63) is 71.4 Å². The van der Waals surface area contributed by atoms with E-state index in [1.54, 1.807) is 31.2 Å². The van der Waals surface area contributed by atoms with Gasteiger partial charge in [0.05, 0.1) is 24.3 Å². The Morgan fingerprint density at radius 2 is 1.86 bits per heavy atom. The normalized spacial score (nSPS) is 19.9. The number of benzene rings is 2.